The maximum absolute atomic E-state index is 8.58. The lowest BCUT2D eigenvalue weighted by atomic mass is 9.81. The second-order valence-electron chi connectivity index (χ2n) is 13.3. The molecule has 2 fully saturated rings. The Morgan fingerprint density at radius 3 is 1.67 bits per heavy atom. The van der Waals surface area contributed by atoms with Gasteiger partial charge in [0.1, 0.15) is 5.69 Å². The van der Waals surface area contributed by atoms with Gasteiger partial charge in [0.2, 0.25) is 0 Å². The Balaban J connectivity index is 0.000000147. The SMILES string of the molecule is CC1CN(c2nnc(-c3ccccc3)c3ccncc23)C(C)CN1.CC1CN(c2nnc(Cl)c3ccncc23)C(C)CN1.OB(O)c1ccccc1. The van der Waals surface area contributed by atoms with Crippen LogP contribution in [0, 0.1) is 0 Å². The summed E-state index contributed by atoms with van der Waals surface area (Å²) in [5, 5.41) is 46.1. The number of halogens is 1. The van der Waals surface area contributed by atoms with Crippen LogP contribution in [0.3, 0.4) is 0 Å². The molecule has 4 atom stereocenters. The van der Waals surface area contributed by atoms with Gasteiger partial charge in [0.25, 0.3) is 0 Å². The summed E-state index contributed by atoms with van der Waals surface area (Å²) < 4.78 is 0. The average molecular weight is 719 g/mol. The monoisotopic (exact) mass is 718 g/mol. The molecule has 8 rings (SSSR count). The predicted molar refractivity (Wildman–Crippen MR) is 210 cm³/mol. The molecule has 14 heteroatoms. The third-order valence-electron chi connectivity index (χ3n) is 9.30. The Morgan fingerprint density at radius 2 is 1.13 bits per heavy atom. The molecule has 12 nitrogen and oxygen atoms in total. The van der Waals surface area contributed by atoms with E-state index >= 15 is 0 Å². The highest BCUT2D eigenvalue weighted by Gasteiger charge is 2.27. The number of anilines is 2. The second kappa shape index (κ2) is 17.2. The number of pyridine rings is 2. The minimum Gasteiger partial charge on any atom is -0.423 e. The summed E-state index contributed by atoms with van der Waals surface area (Å²) >= 11 is 6.10. The maximum Gasteiger partial charge on any atom is 0.488 e. The van der Waals surface area contributed by atoms with Crippen LogP contribution in [-0.2, 0) is 0 Å². The number of rotatable bonds is 4. The first-order valence-electron chi connectivity index (χ1n) is 17.5. The molecule has 2 aliphatic rings. The fourth-order valence-electron chi connectivity index (χ4n) is 6.43. The Morgan fingerprint density at radius 1 is 0.635 bits per heavy atom. The number of piperazine rings is 2. The highest BCUT2D eigenvalue weighted by molar-refractivity contribution is 6.58. The van der Waals surface area contributed by atoms with Crippen LogP contribution in [0.1, 0.15) is 27.7 Å². The van der Waals surface area contributed by atoms with Gasteiger partial charge in [-0.2, -0.15) is 0 Å². The van der Waals surface area contributed by atoms with Gasteiger partial charge in [0, 0.05) is 102 Å². The molecule has 0 bridgehead atoms. The van der Waals surface area contributed by atoms with Crippen molar-refractivity contribution in [1.29, 1.82) is 0 Å². The van der Waals surface area contributed by atoms with Crippen LogP contribution in [0.4, 0.5) is 11.6 Å². The highest BCUT2D eigenvalue weighted by Crippen LogP contribution is 2.32. The number of aromatic nitrogens is 6. The van der Waals surface area contributed by atoms with Gasteiger partial charge < -0.3 is 30.5 Å². The zero-order valence-electron chi connectivity index (χ0n) is 29.8. The van der Waals surface area contributed by atoms with Crippen molar-refractivity contribution >= 4 is 57.4 Å². The normalized spacial score (nSPS) is 20.1. The van der Waals surface area contributed by atoms with E-state index in [4.69, 9.17) is 21.6 Å². The smallest absolute Gasteiger partial charge is 0.423 e. The minimum absolute atomic E-state index is 0.370. The van der Waals surface area contributed by atoms with Crippen LogP contribution in [0.2, 0.25) is 5.15 Å². The fourth-order valence-corrected chi connectivity index (χ4v) is 6.63. The predicted octanol–water partition coefficient (Wildman–Crippen LogP) is 4.11. The van der Waals surface area contributed by atoms with Crippen molar-refractivity contribution in [2.24, 2.45) is 0 Å². The van der Waals surface area contributed by atoms with E-state index in [1.54, 1.807) is 30.5 Å². The van der Waals surface area contributed by atoms with E-state index in [9.17, 15) is 0 Å². The molecule has 0 radical (unpaired) electrons. The van der Waals surface area contributed by atoms with E-state index in [0.717, 1.165) is 70.6 Å². The van der Waals surface area contributed by atoms with E-state index in [2.05, 4.69) is 90.6 Å². The van der Waals surface area contributed by atoms with Gasteiger partial charge >= 0.3 is 7.12 Å². The molecule has 0 spiro atoms. The molecule has 6 heterocycles. The molecule has 2 saturated heterocycles. The number of nitrogens with zero attached hydrogens (tertiary/aromatic N) is 8. The fraction of sp³-hybridized carbons (Fsp3) is 0.316. The van der Waals surface area contributed by atoms with Gasteiger partial charge in [-0.15, -0.1) is 20.4 Å². The van der Waals surface area contributed by atoms with Gasteiger partial charge in [0.15, 0.2) is 16.8 Å². The van der Waals surface area contributed by atoms with E-state index in [1.165, 1.54) is 0 Å². The lowest BCUT2D eigenvalue weighted by Gasteiger charge is -2.38. The van der Waals surface area contributed by atoms with Crippen LogP contribution >= 0.6 is 11.6 Å². The highest BCUT2D eigenvalue weighted by atomic mass is 35.5. The van der Waals surface area contributed by atoms with Gasteiger partial charge in [-0.3, -0.25) is 9.97 Å². The van der Waals surface area contributed by atoms with E-state index in [-0.39, 0.29) is 0 Å². The second-order valence-corrected chi connectivity index (χ2v) is 13.7. The van der Waals surface area contributed by atoms with Crippen molar-refractivity contribution in [1.82, 2.24) is 41.0 Å². The van der Waals surface area contributed by atoms with Gasteiger partial charge in [-0.1, -0.05) is 72.3 Å². The standard InChI is InChI=1S/C19H21N5.C13H16ClN5.C6H7BO2/c1-13-12-24(14(2)10-21-13)19-17-11-20-9-8-16(17)18(22-23-19)15-6-4-3-5-7-15;1-8-7-19(9(2)5-16-8)13-11-6-15-4-3-10(11)12(14)17-18-13;8-7(9)6-4-2-1-3-5-6/h3-9,11,13-14,21H,10,12H2,1-2H3;3-4,6,8-9,16H,5,7H2,1-2H3;1-5,8-9H. The largest absolute Gasteiger partial charge is 0.488 e. The van der Waals surface area contributed by atoms with Crippen molar-refractivity contribution in [2.75, 3.05) is 36.0 Å². The van der Waals surface area contributed by atoms with Crippen molar-refractivity contribution < 1.29 is 10.0 Å². The van der Waals surface area contributed by atoms with Crippen LogP contribution in [0.15, 0.2) is 97.6 Å². The summed E-state index contributed by atoms with van der Waals surface area (Å²) in [4.78, 5) is 13.1. The topological polar surface area (TPSA) is 148 Å². The molecule has 0 saturated carbocycles. The number of benzene rings is 2. The lowest BCUT2D eigenvalue weighted by molar-refractivity contribution is 0.422. The summed E-state index contributed by atoms with van der Waals surface area (Å²) in [6, 6.07) is 24.4. The first-order chi connectivity index (χ1) is 25.2. The van der Waals surface area contributed by atoms with Crippen molar-refractivity contribution in [3.05, 3.63) is 103 Å². The molecule has 52 heavy (non-hydrogen) atoms. The number of hydrogen-bond acceptors (Lipinski definition) is 12. The number of fused-ring (bicyclic) bond motifs is 2. The Labute approximate surface area is 309 Å². The first-order valence-corrected chi connectivity index (χ1v) is 17.9. The summed E-state index contributed by atoms with van der Waals surface area (Å²) in [7, 11) is -1.34. The van der Waals surface area contributed by atoms with Gasteiger partial charge in [-0.05, 0) is 45.3 Å². The summed E-state index contributed by atoms with van der Waals surface area (Å²) in [5.41, 5.74) is 2.51. The summed E-state index contributed by atoms with van der Waals surface area (Å²) in [5.74, 6) is 1.80. The Bertz CT molecular complexity index is 2060. The van der Waals surface area contributed by atoms with Crippen LogP contribution in [-0.4, -0.2) is 97.9 Å². The van der Waals surface area contributed by atoms with Crippen molar-refractivity contribution in [3.8, 4) is 11.3 Å². The third-order valence-corrected chi connectivity index (χ3v) is 9.58. The lowest BCUT2D eigenvalue weighted by Crippen LogP contribution is -2.54. The maximum atomic E-state index is 8.58. The van der Waals surface area contributed by atoms with Gasteiger partial charge in [-0.25, -0.2) is 0 Å². The molecule has 4 unspecified atom stereocenters. The van der Waals surface area contributed by atoms with E-state index < -0.39 is 7.12 Å². The molecule has 0 amide bonds. The van der Waals surface area contributed by atoms with E-state index in [0.29, 0.717) is 34.8 Å². The molecule has 6 aromatic rings. The zero-order chi connectivity index (χ0) is 36.6. The molecule has 268 valence electrons. The average Bonchev–Trinajstić information content (AvgIpc) is 3.18. The Hall–Kier alpha value is -4.79. The van der Waals surface area contributed by atoms with E-state index in [1.807, 2.05) is 55.0 Å². The number of hydrogen-bond donors (Lipinski definition) is 4. The summed E-state index contributed by atoms with van der Waals surface area (Å²) in [6.07, 6.45) is 7.27. The summed E-state index contributed by atoms with van der Waals surface area (Å²) in [6.45, 7) is 12.5. The van der Waals surface area contributed by atoms with Gasteiger partial charge in [0.05, 0.1) is 0 Å². The number of nitrogens with one attached hydrogen (secondary N) is 2. The molecule has 2 aliphatic heterocycles. The molecule has 4 N–H and O–H groups in total. The van der Waals surface area contributed by atoms with Crippen molar-refractivity contribution in [3.63, 3.8) is 0 Å². The third kappa shape index (κ3) is 8.63. The van der Waals surface area contributed by atoms with Crippen LogP contribution in [0.25, 0.3) is 32.8 Å². The molecule has 2 aromatic carbocycles. The van der Waals surface area contributed by atoms with Crippen LogP contribution in [0.5, 0.6) is 0 Å². The van der Waals surface area contributed by atoms with Crippen molar-refractivity contribution in [2.45, 2.75) is 51.9 Å². The zero-order valence-corrected chi connectivity index (χ0v) is 30.6. The molecular formula is C38H44BClN10O2. The first kappa shape index (κ1) is 37.0. The molecule has 0 aliphatic carbocycles. The minimum atomic E-state index is -1.34. The van der Waals surface area contributed by atoms with Crippen LogP contribution < -0.4 is 25.9 Å². The quantitative estimate of drug-likeness (QED) is 0.195. The molecule has 4 aromatic heterocycles. The Kier molecular flexibility index (Phi) is 12.2. The molecular weight excluding hydrogens is 675 g/mol.